The third-order valence-electron chi connectivity index (χ3n) is 4.81. The molecule has 170 valence electrons. The molecular weight excluding hydrogens is 458 g/mol. The van der Waals surface area contributed by atoms with Gasteiger partial charge in [0.1, 0.15) is 12.3 Å². The van der Waals surface area contributed by atoms with Gasteiger partial charge in [0.05, 0.1) is 4.90 Å². The zero-order chi connectivity index (χ0) is 23.6. The number of hydrogen-bond acceptors (Lipinski definition) is 7. The van der Waals surface area contributed by atoms with Crippen molar-refractivity contribution in [1.82, 2.24) is 14.0 Å². The molecule has 0 fully saturated rings. The number of benzene rings is 1. The van der Waals surface area contributed by atoms with Crippen LogP contribution in [0.15, 0.2) is 45.8 Å². The highest BCUT2D eigenvalue weighted by atomic mass is 35.5. The van der Waals surface area contributed by atoms with E-state index in [1.54, 1.807) is 30.5 Å². The lowest BCUT2D eigenvalue weighted by Gasteiger charge is -2.16. The fourth-order valence-electron chi connectivity index (χ4n) is 3.18. The first-order valence-electron chi connectivity index (χ1n) is 9.54. The van der Waals surface area contributed by atoms with Gasteiger partial charge < -0.3 is 9.26 Å². The highest BCUT2D eigenvalue weighted by Crippen LogP contribution is 2.21. The summed E-state index contributed by atoms with van der Waals surface area (Å²) in [6, 6.07) is 8.98. The summed E-state index contributed by atoms with van der Waals surface area (Å²) < 4.78 is 37.8. The van der Waals surface area contributed by atoms with Crippen molar-refractivity contribution >= 4 is 33.4 Å². The minimum absolute atomic E-state index is 0.0104. The van der Waals surface area contributed by atoms with Crippen molar-refractivity contribution in [1.29, 1.82) is 0 Å². The smallest absolute Gasteiger partial charge is 0.321 e. The van der Waals surface area contributed by atoms with Crippen molar-refractivity contribution in [3.63, 3.8) is 0 Å². The molecule has 0 aliphatic rings. The number of likely N-dealkylation sites (N-methyl/N-ethyl adjacent to an activating group) is 1. The summed E-state index contributed by atoms with van der Waals surface area (Å²) in [5.41, 5.74) is 1.76. The number of carbonyl (C=O) groups excluding carboxylic acids is 2. The lowest BCUT2D eigenvalue weighted by atomic mass is 10.1. The normalized spacial score (nSPS) is 11.7. The molecule has 2 heterocycles. The molecule has 2 aromatic heterocycles. The maximum absolute atomic E-state index is 12.6. The number of ether oxygens (including phenoxy) is 1. The third-order valence-corrected chi connectivity index (χ3v) is 6.88. The Kier molecular flexibility index (Phi) is 6.87. The predicted molar refractivity (Wildman–Crippen MR) is 117 cm³/mol. The van der Waals surface area contributed by atoms with E-state index >= 15 is 0 Å². The summed E-state index contributed by atoms with van der Waals surface area (Å²) in [7, 11) is -2.66. The van der Waals surface area contributed by atoms with Crippen LogP contribution in [0.1, 0.15) is 27.5 Å². The molecular formula is C21H22ClN3O6S. The van der Waals surface area contributed by atoms with E-state index in [9.17, 15) is 18.0 Å². The zero-order valence-corrected chi connectivity index (χ0v) is 19.5. The van der Waals surface area contributed by atoms with Gasteiger partial charge in [0.15, 0.2) is 12.4 Å². The molecule has 0 aliphatic heterocycles. The highest BCUT2D eigenvalue weighted by molar-refractivity contribution is 7.89. The summed E-state index contributed by atoms with van der Waals surface area (Å²) in [5, 5.41) is 4.35. The fraction of sp³-hybridized carbons (Fsp3) is 0.286. The van der Waals surface area contributed by atoms with Crippen molar-refractivity contribution in [3.05, 3.63) is 64.1 Å². The van der Waals surface area contributed by atoms with Gasteiger partial charge in [0, 0.05) is 35.1 Å². The Bertz CT molecular complexity index is 1260. The second-order valence-corrected chi connectivity index (χ2v) is 9.70. The van der Waals surface area contributed by atoms with Gasteiger partial charge in [-0.1, -0.05) is 16.8 Å². The van der Waals surface area contributed by atoms with Crippen LogP contribution in [0.25, 0.3) is 5.82 Å². The molecule has 0 atom stereocenters. The number of halogens is 1. The van der Waals surface area contributed by atoms with Crippen molar-refractivity contribution in [2.75, 3.05) is 20.2 Å². The van der Waals surface area contributed by atoms with Crippen molar-refractivity contribution < 1.29 is 27.3 Å². The van der Waals surface area contributed by atoms with Gasteiger partial charge in [-0.2, -0.15) is 4.31 Å². The Morgan fingerprint density at radius 1 is 1.16 bits per heavy atom. The number of hydrogen-bond donors (Lipinski definition) is 0. The molecule has 0 amide bonds. The molecule has 0 saturated heterocycles. The number of ketones is 1. The first-order valence-corrected chi connectivity index (χ1v) is 11.4. The van der Waals surface area contributed by atoms with Crippen LogP contribution in [0.5, 0.6) is 0 Å². The van der Waals surface area contributed by atoms with Crippen LogP contribution in [0.2, 0.25) is 5.02 Å². The molecule has 3 rings (SSSR count). The SMILES string of the molecule is Cc1cc(-n2c(C)cc(C(=O)COC(=O)CN(C)S(=O)(=O)c3ccc(Cl)cc3)c2C)no1. The number of nitrogens with zero attached hydrogens (tertiary/aromatic N) is 3. The molecule has 32 heavy (non-hydrogen) atoms. The quantitative estimate of drug-likeness (QED) is 0.360. The Morgan fingerprint density at radius 3 is 2.41 bits per heavy atom. The number of sulfonamides is 1. The van der Waals surface area contributed by atoms with Gasteiger partial charge in [0.2, 0.25) is 15.8 Å². The van der Waals surface area contributed by atoms with Crippen LogP contribution in [-0.2, 0) is 19.6 Å². The van der Waals surface area contributed by atoms with Crippen LogP contribution in [0, 0.1) is 20.8 Å². The molecule has 0 spiro atoms. The van der Waals surface area contributed by atoms with Crippen LogP contribution < -0.4 is 0 Å². The van der Waals surface area contributed by atoms with Crippen LogP contribution >= 0.6 is 11.6 Å². The number of aryl methyl sites for hydroxylation is 2. The minimum atomic E-state index is -3.91. The van der Waals surface area contributed by atoms with E-state index in [-0.39, 0.29) is 4.90 Å². The van der Waals surface area contributed by atoms with Gasteiger partial charge >= 0.3 is 5.97 Å². The molecule has 0 saturated carbocycles. The largest absolute Gasteiger partial charge is 0.456 e. The van der Waals surface area contributed by atoms with Gasteiger partial charge in [-0.25, -0.2) is 8.42 Å². The van der Waals surface area contributed by atoms with E-state index in [4.69, 9.17) is 20.9 Å². The van der Waals surface area contributed by atoms with Gasteiger partial charge in [-0.3, -0.25) is 14.2 Å². The summed E-state index contributed by atoms with van der Waals surface area (Å²) >= 11 is 5.78. The molecule has 0 bridgehead atoms. The fourth-order valence-corrected chi connectivity index (χ4v) is 4.42. The van der Waals surface area contributed by atoms with Gasteiger partial charge in [-0.05, 0) is 51.1 Å². The van der Waals surface area contributed by atoms with E-state index in [0.717, 1.165) is 10.00 Å². The second-order valence-electron chi connectivity index (χ2n) is 7.21. The first-order chi connectivity index (χ1) is 15.0. The lowest BCUT2D eigenvalue weighted by molar-refractivity contribution is -0.142. The summed E-state index contributed by atoms with van der Waals surface area (Å²) in [6.45, 7) is 4.26. The monoisotopic (exact) mass is 479 g/mol. The molecule has 0 aliphatic carbocycles. The standard InChI is InChI=1S/C21H22ClN3O6S/c1-13-9-18(15(3)25(13)20-10-14(2)31-23-20)19(26)12-30-21(27)11-24(4)32(28,29)17-7-5-16(22)6-8-17/h5-10H,11-12H2,1-4H3. The summed E-state index contributed by atoms with van der Waals surface area (Å²) in [5.74, 6) is -0.0880. The average Bonchev–Trinajstić information content (AvgIpc) is 3.28. The van der Waals surface area contributed by atoms with E-state index in [2.05, 4.69) is 5.16 Å². The van der Waals surface area contributed by atoms with Crippen molar-refractivity contribution in [2.24, 2.45) is 0 Å². The third kappa shape index (κ3) is 4.93. The molecule has 0 radical (unpaired) electrons. The van der Waals surface area contributed by atoms with E-state index in [1.165, 1.54) is 31.3 Å². The lowest BCUT2D eigenvalue weighted by Crippen LogP contribution is -2.33. The number of carbonyl (C=O) groups is 2. The number of aromatic nitrogens is 2. The minimum Gasteiger partial charge on any atom is -0.456 e. The summed E-state index contributed by atoms with van der Waals surface area (Å²) in [6.07, 6.45) is 0. The van der Waals surface area contributed by atoms with Crippen molar-refractivity contribution in [2.45, 2.75) is 25.7 Å². The van der Waals surface area contributed by atoms with Crippen LogP contribution in [0.4, 0.5) is 0 Å². The van der Waals surface area contributed by atoms with Crippen molar-refractivity contribution in [3.8, 4) is 5.82 Å². The Morgan fingerprint density at radius 2 is 1.81 bits per heavy atom. The topological polar surface area (TPSA) is 112 Å². The van der Waals surface area contributed by atoms with E-state index in [0.29, 0.717) is 27.9 Å². The number of Topliss-reactive ketones (excluding diaryl/α,β-unsaturated/α-hetero) is 1. The molecule has 0 unspecified atom stereocenters. The predicted octanol–water partition coefficient (Wildman–Crippen LogP) is 3.09. The molecule has 9 nitrogen and oxygen atoms in total. The second kappa shape index (κ2) is 9.27. The molecule has 0 N–H and O–H groups in total. The number of rotatable bonds is 8. The summed E-state index contributed by atoms with van der Waals surface area (Å²) in [4.78, 5) is 24.8. The van der Waals surface area contributed by atoms with E-state index in [1.807, 2.05) is 6.92 Å². The molecule has 11 heteroatoms. The Balaban J connectivity index is 1.64. The number of esters is 1. The molecule has 3 aromatic rings. The van der Waals surface area contributed by atoms with Crippen LogP contribution in [-0.4, -0.2) is 54.4 Å². The Hall–Kier alpha value is -2.95. The maximum Gasteiger partial charge on any atom is 0.321 e. The van der Waals surface area contributed by atoms with E-state index < -0.39 is 34.9 Å². The average molecular weight is 480 g/mol. The van der Waals surface area contributed by atoms with Crippen LogP contribution in [0.3, 0.4) is 0 Å². The molecule has 1 aromatic carbocycles. The highest BCUT2D eigenvalue weighted by Gasteiger charge is 2.25. The Labute approximate surface area is 190 Å². The zero-order valence-electron chi connectivity index (χ0n) is 18.0. The van der Waals surface area contributed by atoms with Gasteiger partial charge in [-0.15, -0.1) is 0 Å². The maximum atomic E-state index is 12.6. The first kappa shape index (κ1) is 23.7. The van der Waals surface area contributed by atoms with Gasteiger partial charge in [0.25, 0.3) is 0 Å².